The molecule has 2 rings (SSSR count). The summed E-state index contributed by atoms with van der Waals surface area (Å²) in [6.07, 6.45) is 2.16. The van der Waals surface area contributed by atoms with Gasteiger partial charge in [0.2, 0.25) is 11.8 Å². The second kappa shape index (κ2) is 7.16. The van der Waals surface area contributed by atoms with E-state index in [4.69, 9.17) is 0 Å². The van der Waals surface area contributed by atoms with Crippen LogP contribution in [0.15, 0.2) is 24.3 Å². The summed E-state index contributed by atoms with van der Waals surface area (Å²) in [5, 5.41) is 3.14. The Hall–Kier alpha value is -1.84. The molecule has 0 spiro atoms. The van der Waals surface area contributed by atoms with E-state index < -0.39 is 0 Å². The number of carbonyl (C=O) groups excluding carboxylic acids is 2. The van der Waals surface area contributed by atoms with Crippen LogP contribution in [0.4, 0.5) is 0 Å². The maximum absolute atomic E-state index is 12.4. The largest absolute Gasteiger partial charge is 0.353 e. The minimum Gasteiger partial charge on any atom is -0.353 e. The number of amides is 2. The molecule has 23 heavy (non-hydrogen) atoms. The van der Waals surface area contributed by atoms with Crippen LogP contribution < -0.4 is 5.32 Å². The Balaban J connectivity index is 1.87. The van der Waals surface area contributed by atoms with Crippen molar-refractivity contribution in [2.45, 2.75) is 58.4 Å². The summed E-state index contributed by atoms with van der Waals surface area (Å²) >= 11 is 0. The van der Waals surface area contributed by atoms with Gasteiger partial charge in [0.05, 0.1) is 0 Å². The molecule has 2 amide bonds. The summed E-state index contributed by atoms with van der Waals surface area (Å²) in [5.74, 6) is 0.215. The van der Waals surface area contributed by atoms with Crippen molar-refractivity contribution < 1.29 is 9.59 Å². The number of rotatable bonds is 4. The van der Waals surface area contributed by atoms with Gasteiger partial charge in [-0.15, -0.1) is 0 Å². The Bertz CT molecular complexity index is 555. The van der Waals surface area contributed by atoms with Gasteiger partial charge in [-0.3, -0.25) is 9.59 Å². The minimum absolute atomic E-state index is 0.0943. The number of hydrogen-bond acceptors (Lipinski definition) is 2. The highest BCUT2D eigenvalue weighted by Gasteiger charge is 2.27. The van der Waals surface area contributed by atoms with Gasteiger partial charge in [-0.05, 0) is 30.7 Å². The van der Waals surface area contributed by atoms with Crippen molar-refractivity contribution in [1.29, 1.82) is 0 Å². The van der Waals surface area contributed by atoms with Crippen molar-refractivity contribution in [3.05, 3.63) is 35.4 Å². The van der Waals surface area contributed by atoms with E-state index in [-0.39, 0.29) is 23.3 Å². The fourth-order valence-electron chi connectivity index (χ4n) is 3.13. The number of piperidine rings is 1. The van der Waals surface area contributed by atoms with E-state index in [1.807, 2.05) is 4.90 Å². The van der Waals surface area contributed by atoms with Crippen LogP contribution >= 0.6 is 0 Å². The normalized spacial score (nSPS) is 16.3. The Labute approximate surface area is 139 Å². The molecule has 1 aromatic carbocycles. The SMILES string of the molecule is CC(=O)N1CCC(NC(=O)CC(C)(C)c2ccc(C)cc2)CC1. The van der Waals surface area contributed by atoms with Gasteiger partial charge in [0, 0.05) is 32.5 Å². The number of carbonyl (C=O) groups is 2. The molecule has 0 unspecified atom stereocenters. The summed E-state index contributed by atoms with van der Waals surface area (Å²) in [4.78, 5) is 25.6. The smallest absolute Gasteiger partial charge is 0.221 e. The van der Waals surface area contributed by atoms with Crippen molar-refractivity contribution in [3.8, 4) is 0 Å². The van der Waals surface area contributed by atoms with Crippen LogP contribution in [0, 0.1) is 6.92 Å². The molecule has 1 fully saturated rings. The summed E-state index contributed by atoms with van der Waals surface area (Å²) in [7, 11) is 0. The maximum Gasteiger partial charge on any atom is 0.221 e. The predicted molar refractivity (Wildman–Crippen MR) is 92.2 cm³/mol. The molecule has 0 aromatic heterocycles. The first-order valence-electron chi connectivity index (χ1n) is 8.40. The third kappa shape index (κ3) is 4.81. The van der Waals surface area contributed by atoms with Gasteiger partial charge in [-0.2, -0.15) is 0 Å². The van der Waals surface area contributed by atoms with Gasteiger partial charge in [-0.1, -0.05) is 43.7 Å². The van der Waals surface area contributed by atoms with Gasteiger partial charge in [0.1, 0.15) is 0 Å². The molecule has 0 bridgehead atoms. The molecule has 1 aromatic rings. The molecule has 1 N–H and O–H groups in total. The first kappa shape index (κ1) is 17.5. The predicted octanol–water partition coefficient (Wildman–Crippen LogP) is 2.79. The number of hydrogen-bond donors (Lipinski definition) is 1. The lowest BCUT2D eigenvalue weighted by Gasteiger charge is -2.32. The van der Waals surface area contributed by atoms with Crippen molar-refractivity contribution in [1.82, 2.24) is 10.2 Å². The number of aryl methyl sites for hydroxylation is 1. The van der Waals surface area contributed by atoms with Crippen LogP contribution in [-0.2, 0) is 15.0 Å². The highest BCUT2D eigenvalue weighted by molar-refractivity contribution is 5.78. The molecule has 0 saturated carbocycles. The summed E-state index contributed by atoms with van der Waals surface area (Å²) < 4.78 is 0. The quantitative estimate of drug-likeness (QED) is 0.928. The molecule has 1 aliphatic heterocycles. The Morgan fingerprint density at radius 1 is 1.17 bits per heavy atom. The second-order valence-electron chi connectivity index (χ2n) is 7.27. The fraction of sp³-hybridized carbons (Fsp3) is 0.579. The molecule has 1 saturated heterocycles. The van der Waals surface area contributed by atoms with Gasteiger partial charge in [-0.25, -0.2) is 0 Å². The zero-order valence-corrected chi connectivity index (χ0v) is 14.7. The first-order chi connectivity index (χ1) is 10.8. The number of benzene rings is 1. The van der Waals surface area contributed by atoms with E-state index in [1.165, 1.54) is 11.1 Å². The number of nitrogens with zero attached hydrogens (tertiary/aromatic N) is 1. The van der Waals surface area contributed by atoms with Crippen molar-refractivity contribution in [2.75, 3.05) is 13.1 Å². The standard InChI is InChI=1S/C19H28N2O2/c1-14-5-7-16(8-6-14)19(3,4)13-18(23)20-17-9-11-21(12-10-17)15(2)22/h5-8,17H,9-13H2,1-4H3,(H,20,23). The van der Waals surface area contributed by atoms with Crippen LogP contribution in [0.3, 0.4) is 0 Å². The Kier molecular flexibility index (Phi) is 5.45. The molecule has 0 radical (unpaired) electrons. The van der Waals surface area contributed by atoms with Gasteiger partial charge < -0.3 is 10.2 Å². The maximum atomic E-state index is 12.4. The van der Waals surface area contributed by atoms with Gasteiger partial charge >= 0.3 is 0 Å². The van der Waals surface area contributed by atoms with Crippen molar-refractivity contribution >= 4 is 11.8 Å². The number of nitrogens with one attached hydrogen (secondary N) is 1. The highest BCUT2D eigenvalue weighted by Crippen LogP contribution is 2.27. The van der Waals surface area contributed by atoms with E-state index in [9.17, 15) is 9.59 Å². The second-order valence-corrected chi connectivity index (χ2v) is 7.27. The summed E-state index contributed by atoms with van der Waals surface area (Å²) in [5.41, 5.74) is 2.23. The molecule has 0 aliphatic carbocycles. The molecular formula is C19H28N2O2. The Morgan fingerprint density at radius 3 is 2.26 bits per heavy atom. The van der Waals surface area contributed by atoms with Gasteiger partial charge in [0.25, 0.3) is 0 Å². The van der Waals surface area contributed by atoms with Crippen LogP contribution in [0.25, 0.3) is 0 Å². The van der Waals surface area contributed by atoms with E-state index in [0.717, 1.165) is 25.9 Å². The molecule has 1 heterocycles. The van der Waals surface area contributed by atoms with E-state index in [1.54, 1.807) is 6.92 Å². The minimum atomic E-state index is -0.183. The molecule has 0 atom stereocenters. The van der Waals surface area contributed by atoms with E-state index in [2.05, 4.69) is 50.4 Å². The highest BCUT2D eigenvalue weighted by atomic mass is 16.2. The molecule has 4 nitrogen and oxygen atoms in total. The monoisotopic (exact) mass is 316 g/mol. The van der Waals surface area contributed by atoms with Crippen LogP contribution in [-0.4, -0.2) is 35.8 Å². The zero-order valence-electron chi connectivity index (χ0n) is 14.7. The van der Waals surface area contributed by atoms with Crippen LogP contribution in [0.2, 0.25) is 0 Å². The van der Waals surface area contributed by atoms with E-state index in [0.29, 0.717) is 6.42 Å². The zero-order chi connectivity index (χ0) is 17.0. The summed E-state index contributed by atoms with van der Waals surface area (Å²) in [6, 6.07) is 8.58. The molecule has 126 valence electrons. The lowest BCUT2D eigenvalue weighted by Crippen LogP contribution is -2.46. The van der Waals surface area contributed by atoms with Crippen molar-refractivity contribution in [3.63, 3.8) is 0 Å². The first-order valence-corrected chi connectivity index (χ1v) is 8.40. The average Bonchev–Trinajstić information content (AvgIpc) is 2.47. The topological polar surface area (TPSA) is 49.4 Å². The number of likely N-dealkylation sites (tertiary alicyclic amines) is 1. The third-order valence-corrected chi connectivity index (χ3v) is 4.74. The fourth-order valence-corrected chi connectivity index (χ4v) is 3.13. The average molecular weight is 316 g/mol. The van der Waals surface area contributed by atoms with E-state index >= 15 is 0 Å². The van der Waals surface area contributed by atoms with Crippen molar-refractivity contribution in [2.24, 2.45) is 0 Å². The summed E-state index contributed by atoms with van der Waals surface area (Å²) in [6.45, 7) is 9.36. The van der Waals surface area contributed by atoms with Crippen LogP contribution in [0.5, 0.6) is 0 Å². The lowest BCUT2D eigenvalue weighted by molar-refractivity contribution is -0.130. The molecule has 4 heteroatoms. The van der Waals surface area contributed by atoms with Gasteiger partial charge in [0.15, 0.2) is 0 Å². The lowest BCUT2D eigenvalue weighted by atomic mass is 9.81. The third-order valence-electron chi connectivity index (χ3n) is 4.74. The Morgan fingerprint density at radius 2 is 1.74 bits per heavy atom. The van der Waals surface area contributed by atoms with Crippen LogP contribution in [0.1, 0.15) is 51.2 Å². The molecule has 1 aliphatic rings. The molecular weight excluding hydrogens is 288 g/mol.